The summed E-state index contributed by atoms with van der Waals surface area (Å²) in [6.45, 7) is 3.24. The van der Waals surface area contributed by atoms with Crippen molar-refractivity contribution in [3.63, 3.8) is 0 Å². The molecule has 3 aliphatic rings. The van der Waals surface area contributed by atoms with Gasteiger partial charge in [0.1, 0.15) is 0 Å². The van der Waals surface area contributed by atoms with E-state index in [1.807, 2.05) is 0 Å². The molecule has 2 aliphatic heterocycles. The lowest BCUT2D eigenvalue weighted by molar-refractivity contribution is 0.249. The topological polar surface area (TPSA) is 29.3 Å². The summed E-state index contributed by atoms with van der Waals surface area (Å²) >= 11 is 0. The van der Waals surface area contributed by atoms with E-state index in [1.165, 1.54) is 43.5 Å². The van der Waals surface area contributed by atoms with E-state index in [0.29, 0.717) is 6.54 Å². The third-order valence-electron chi connectivity index (χ3n) is 4.17. The van der Waals surface area contributed by atoms with Crippen molar-refractivity contribution >= 4 is 0 Å². The third-order valence-corrected chi connectivity index (χ3v) is 4.17. The van der Waals surface area contributed by atoms with Crippen LogP contribution >= 0.6 is 0 Å². The van der Waals surface area contributed by atoms with Crippen molar-refractivity contribution in [2.45, 2.75) is 31.8 Å². The molecule has 1 saturated carbocycles. The van der Waals surface area contributed by atoms with Crippen LogP contribution in [0, 0.1) is 5.92 Å². The van der Waals surface area contributed by atoms with E-state index in [4.69, 9.17) is 5.73 Å². The van der Waals surface area contributed by atoms with Crippen molar-refractivity contribution < 1.29 is 0 Å². The Hall–Kier alpha value is -0.860. The van der Waals surface area contributed by atoms with Gasteiger partial charge in [-0.25, -0.2) is 0 Å². The predicted octanol–water partition coefficient (Wildman–Crippen LogP) is 1.78. The largest absolute Gasteiger partial charge is 0.326 e. The highest BCUT2D eigenvalue weighted by Crippen LogP contribution is 2.40. The Morgan fingerprint density at radius 2 is 1.81 bits per heavy atom. The molecule has 86 valence electrons. The van der Waals surface area contributed by atoms with Gasteiger partial charge in [-0.1, -0.05) is 24.3 Å². The number of nitrogens with zero attached hydrogens (tertiary/aromatic N) is 1. The van der Waals surface area contributed by atoms with Crippen molar-refractivity contribution in [2.75, 3.05) is 13.1 Å². The number of hydrogen-bond donors (Lipinski definition) is 1. The maximum absolute atomic E-state index is 5.59. The van der Waals surface area contributed by atoms with Crippen LogP contribution in [0.2, 0.25) is 0 Å². The van der Waals surface area contributed by atoms with E-state index in [2.05, 4.69) is 29.2 Å². The van der Waals surface area contributed by atoms with E-state index >= 15 is 0 Å². The molecule has 0 spiro atoms. The van der Waals surface area contributed by atoms with Crippen LogP contribution in [0.25, 0.3) is 0 Å². The first kappa shape index (κ1) is 10.3. The second-order valence-electron chi connectivity index (χ2n) is 5.26. The van der Waals surface area contributed by atoms with Gasteiger partial charge in [-0.05, 0) is 36.3 Å². The number of benzene rings is 1. The molecule has 2 N–H and O–H groups in total. The molecule has 0 aromatic heterocycles. The van der Waals surface area contributed by atoms with Gasteiger partial charge in [0.25, 0.3) is 0 Å². The minimum atomic E-state index is 0.649. The van der Waals surface area contributed by atoms with Crippen LogP contribution in [0.3, 0.4) is 0 Å². The summed E-state index contributed by atoms with van der Waals surface area (Å²) in [7, 11) is 0. The molecule has 1 aromatic rings. The summed E-state index contributed by atoms with van der Waals surface area (Å²) in [5, 5.41) is 0. The highest BCUT2D eigenvalue weighted by atomic mass is 15.2. The molecule has 2 nitrogen and oxygen atoms in total. The Morgan fingerprint density at radius 1 is 1.12 bits per heavy atom. The maximum atomic E-state index is 5.59. The number of rotatable bonds is 4. The van der Waals surface area contributed by atoms with Crippen LogP contribution in [-0.2, 0) is 13.0 Å². The molecule has 0 amide bonds. The van der Waals surface area contributed by atoms with Crippen molar-refractivity contribution in [2.24, 2.45) is 11.7 Å². The fraction of sp³-hybridized carbons (Fsp3) is 0.571. The van der Waals surface area contributed by atoms with Gasteiger partial charge in [0, 0.05) is 25.7 Å². The van der Waals surface area contributed by atoms with Crippen LogP contribution < -0.4 is 5.73 Å². The molecule has 0 radical (unpaired) electrons. The molecule has 3 fully saturated rings. The van der Waals surface area contributed by atoms with Crippen LogP contribution in [0.4, 0.5) is 0 Å². The summed E-state index contributed by atoms with van der Waals surface area (Å²) in [4.78, 5) is 2.67. The zero-order chi connectivity index (χ0) is 11.0. The fourth-order valence-corrected chi connectivity index (χ4v) is 3.02. The highest BCUT2D eigenvalue weighted by molar-refractivity contribution is 5.22. The third kappa shape index (κ3) is 1.87. The van der Waals surface area contributed by atoms with E-state index in [-0.39, 0.29) is 0 Å². The Morgan fingerprint density at radius 3 is 2.38 bits per heavy atom. The van der Waals surface area contributed by atoms with E-state index in [0.717, 1.165) is 12.0 Å². The van der Waals surface area contributed by atoms with Crippen molar-refractivity contribution in [3.8, 4) is 0 Å². The normalized spacial score (nSPS) is 28.1. The summed E-state index contributed by atoms with van der Waals surface area (Å²) in [5.41, 5.74) is 8.26. The van der Waals surface area contributed by atoms with Crippen molar-refractivity contribution in [1.29, 1.82) is 0 Å². The lowest BCUT2D eigenvalue weighted by Crippen LogP contribution is -2.30. The molecular formula is C14H20N2. The number of hydrogen-bond acceptors (Lipinski definition) is 2. The lowest BCUT2D eigenvalue weighted by atomic mass is 9.86. The molecule has 4 rings (SSSR count). The molecule has 1 aliphatic carbocycles. The Kier molecular flexibility index (Phi) is 2.70. The predicted molar refractivity (Wildman–Crippen MR) is 66.1 cm³/mol. The monoisotopic (exact) mass is 216 g/mol. The second kappa shape index (κ2) is 4.19. The zero-order valence-corrected chi connectivity index (χ0v) is 9.73. The Labute approximate surface area is 97.4 Å². The van der Waals surface area contributed by atoms with Gasteiger partial charge in [0.2, 0.25) is 0 Å². The van der Waals surface area contributed by atoms with Crippen molar-refractivity contribution in [1.82, 2.24) is 4.90 Å². The van der Waals surface area contributed by atoms with Crippen LogP contribution in [0.5, 0.6) is 0 Å². The first-order valence-corrected chi connectivity index (χ1v) is 6.37. The molecule has 0 atom stereocenters. The average Bonchev–Trinajstić information content (AvgIpc) is 2.85. The summed E-state index contributed by atoms with van der Waals surface area (Å²) in [6.07, 6.45) is 4.12. The first-order chi connectivity index (χ1) is 7.85. The van der Waals surface area contributed by atoms with Crippen LogP contribution in [0.1, 0.15) is 24.0 Å². The highest BCUT2D eigenvalue weighted by Gasteiger charge is 2.41. The SMILES string of the molecule is NCc1ccc(CCN2CC3CC2C3)cc1. The number of fused-ring (bicyclic) bond motifs is 1. The summed E-state index contributed by atoms with van der Waals surface area (Å²) in [6, 6.07) is 9.68. The summed E-state index contributed by atoms with van der Waals surface area (Å²) < 4.78 is 0. The van der Waals surface area contributed by atoms with Gasteiger partial charge in [0.05, 0.1) is 0 Å². The molecular weight excluding hydrogens is 196 g/mol. The summed E-state index contributed by atoms with van der Waals surface area (Å²) in [5.74, 6) is 1.03. The maximum Gasteiger partial charge on any atom is 0.0178 e. The quantitative estimate of drug-likeness (QED) is 0.831. The van der Waals surface area contributed by atoms with Gasteiger partial charge < -0.3 is 5.73 Å². The van der Waals surface area contributed by atoms with Gasteiger partial charge in [-0.3, -0.25) is 4.90 Å². The van der Waals surface area contributed by atoms with Crippen LogP contribution in [0.15, 0.2) is 24.3 Å². The minimum absolute atomic E-state index is 0.649. The lowest BCUT2D eigenvalue weighted by Gasteiger charge is -2.25. The molecule has 16 heavy (non-hydrogen) atoms. The average molecular weight is 216 g/mol. The van der Waals surface area contributed by atoms with Crippen LogP contribution in [-0.4, -0.2) is 24.0 Å². The number of nitrogens with two attached hydrogens (primary N) is 1. The molecule has 2 saturated heterocycles. The second-order valence-corrected chi connectivity index (χ2v) is 5.26. The van der Waals surface area contributed by atoms with E-state index in [1.54, 1.807) is 0 Å². The van der Waals surface area contributed by atoms with Gasteiger partial charge in [0.15, 0.2) is 0 Å². The molecule has 2 heterocycles. The zero-order valence-electron chi connectivity index (χ0n) is 9.73. The van der Waals surface area contributed by atoms with Gasteiger partial charge in [-0.15, -0.1) is 0 Å². The van der Waals surface area contributed by atoms with Gasteiger partial charge in [-0.2, -0.15) is 0 Å². The molecule has 1 aromatic carbocycles. The van der Waals surface area contributed by atoms with Gasteiger partial charge >= 0.3 is 0 Å². The standard InChI is InChI=1S/C14H20N2/c15-9-12-3-1-11(2-4-12)5-6-16-10-13-7-14(16)8-13/h1-4,13-14H,5-10,15H2. The molecule has 2 bridgehead atoms. The first-order valence-electron chi connectivity index (χ1n) is 6.37. The smallest absolute Gasteiger partial charge is 0.0178 e. The Bertz CT molecular complexity index is 352. The fourth-order valence-electron chi connectivity index (χ4n) is 3.02. The molecule has 0 unspecified atom stereocenters. The minimum Gasteiger partial charge on any atom is -0.326 e. The van der Waals surface area contributed by atoms with E-state index in [9.17, 15) is 0 Å². The van der Waals surface area contributed by atoms with Crippen molar-refractivity contribution in [3.05, 3.63) is 35.4 Å². The molecule has 2 heteroatoms. The van der Waals surface area contributed by atoms with E-state index < -0.39 is 0 Å². The Balaban J connectivity index is 1.53.